The molecule has 0 unspecified atom stereocenters. The minimum absolute atomic E-state index is 0.123. The van der Waals surface area contributed by atoms with Crippen LogP contribution in [0, 0.1) is 0 Å². The summed E-state index contributed by atoms with van der Waals surface area (Å²) < 4.78 is 0. The number of H-pyrrole nitrogens is 2. The fraction of sp³-hybridized carbons (Fsp3) is 0.263. The van der Waals surface area contributed by atoms with Crippen molar-refractivity contribution in [1.82, 2.24) is 35.7 Å². The molecule has 4 N–H and O–H groups in total. The van der Waals surface area contributed by atoms with E-state index < -0.39 is 6.04 Å². The third-order valence-electron chi connectivity index (χ3n) is 5.27. The molecule has 2 aromatic heterocycles. The van der Waals surface area contributed by atoms with Crippen LogP contribution in [0.15, 0.2) is 41.7 Å². The number of nitrogens with zero attached hydrogens (tertiary/aromatic N) is 3. The van der Waals surface area contributed by atoms with E-state index in [0.717, 1.165) is 28.7 Å². The van der Waals surface area contributed by atoms with Crippen molar-refractivity contribution in [3.63, 3.8) is 0 Å². The Morgan fingerprint density at radius 1 is 1.29 bits per heavy atom. The summed E-state index contributed by atoms with van der Waals surface area (Å²) >= 11 is 0. The van der Waals surface area contributed by atoms with Crippen molar-refractivity contribution in [2.75, 3.05) is 6.54 Å². The van der Waals surface area contributed by atoms with Crippen LogP contribution in [0.3, 0.4) is 0 Å². The number of para-hydroxylation sites is 2. The molecule has 0 spiro atoms. The number of hydrogen-bond donors (Lipinski definition) is 4. The minimum Gasteiger partial charge on any atom is -0.340 e. The summed E-state index contributed by atoms with van der Waals surface area (Å²) in [6.07, 6.45) is 2.48. The Hall–Kier alpha value is -3.62. The van der Waals surface area contributed by atoms with Crippen LogP contribution in [0.1, 0.15) is 30.0 Å². The molecule has 2 aliphatic rings. The van der Waals surface area contributed by atoms with Gasteiger partial charge in [-0.1, -0.05) is 12.1 Å². The van der Waals surface area contributed by atoms with Crippen LogP contribution in [0.2, 0.25) is 0 Å². The molecule has 0 aliphatic carbocycles. The van der Waals surface area contributed by atoms with Crippen molar-refractivity contribution < 1.29 is 9.59 Å². The van der Waals surface area contributed by atoms with E-state index in [1.807, 2.05) is 24.3 Å². The molecule has 3 amide bonds. The molecule has 9 nitrogen and oxygen atoms in total. The van der Waals surface area contributed by atoms with Crippen LogP contribution in [-0.2, 0) is 17.8 Å². The van der Waals surface area contributed by atoms with Crippen molar-refractivity contribution in [3.05, 3.63) is 58.8 Å². The third kappa shape index (κ3) is 2.63. The van der Waals surface area contributed by atoms with Gasteiger partial charge in [-0.25, -0.2) is 9.78 Å². The number of rotatable bonds is 2. The van der Waals surface area contributed by atoms with E-state index in [1.54, 1.807) is 18.0 Å². The number of urea groups is 1. The van der Waals surface area contributed by atoms with Gasteiger partial charge >= 0.3 is 6.03 Å². The predicted octanol–water partition coefficient (Wildman–Crippen LogP) is 1.50. The zero-order valence-electron chi connectivity index (χ0n) is 15.2. The fourth-order valence-corrected chi connectivity index (χ4v) is 3.86. The van der Waals surface area contributed by atoms with Crippen LogP contribution in [-0.4, -0.2) is 43.5 Å². The van der Waals surface area contributed by atoms with Crippen LogP contribution >= 0.6 is 0 Å². The first-order valence-corrected chi connectivity index (χ1v) is 9.13. The van der Waals surface area contributed by atoms with Crippen molar-refractivity contribution in [2.45, 2.75) is 25.9 Å². The third-order valence-corrected chi connectivity index (χ3v) is 5.27. The summed E-state index contributed by atoms with van der Waals surface area (Å²) in [6, 6.07) is 6.63. The van der Waals surface area contributed by atoms with Gasteiger partial charge in [-0.15, -0.1) is 0 Å². The molecule has 1 aromatic carbocycles. The van der Waals surface area contributed by atoms with E-state index in [9.17, 15) is 9.59 Å². The summed E-state index contributed by atoms with van der Waals surface area (Å²) in [6.45, 7) is 2.82. The zero-order valence-corrected chi connectivity index (χ0v) is 15.2. The van der Waals surface area contributed by atoms with E-state index in [-0.39, 0.29) is 11.9 Å². The number of carbonyl (C=O) groups excluding carboxylic acids is 2. The lowest BCUT2D eigenvalue weighted by atomic mass is 9.99. The Morgan fingerprint density at radius 3 is 3.00 bits per heavy atom. The van der Waals surface area contributed by atoms with Gasteiger partial charge in [0.2, 0.25) is 0 Å². The average molecular weight is 377 g/mol. The summed E-state index contributed by atoms with van der Waals surface area (Å²) in [5.74, 6) is 0.419. The Labute approximate surface area is 160 Å². The maximum Gasteiger partial charge on any atom is 0.319 e. The van der Waals surface area contributed by atoms with Gasteiger partial charge in [0.05, 0.1) is 22.8 Å². The number of aromatic amines is 2. The topological polar surface area (TPSA) is 119 Å². The standard InChI is InChI=1S/C19H19N7O2/c1-10-15(18(27)26-7-6-12-11(9-26)8-20-25-12)16(24-19(28)21-10)17-22-13-4-2-3-5-14(13)23-17/h2-5,8,16H,6-7,9H2,1H3,(H,20,25)(H,22,23)(H2,21,24,28)/t16-/m1/s1. The van der Waals surface area contributed by atoms with Crippen LogP contribution in [0.5, 0.6) is 0 Å². The van der Waals surface area contributed by atoms with Crippen molar-refractivity contribution in [2.24, 2.45) is 0 Å². The number of allylic oxidation sites excluding steroid dienone is 1. The number of amides is 3. The number of benzene rings is 1. The molecule has 0 saturated heterocycles. The molecule has 0 fully saturated rings. The molecule has 1 atom stereocenters. The number of nitrogens with one attached hydrogen (secondary N) is 4. The van der Waals surface area contributed by atoms with Gasteiger partial charge in [0, 0.05) is 36.5 Å². The molecule has 0 saturated carbocycles. The Kier molecular flexibility index (Phi) is 3.68. The quantitative estimate of drug-likeness (QED) is 0.541. The molecular formula is C19H19N7O2. The van der Waals surface area contributed by atoms with Gasteiger partial charge in [-0.3, -0.25) is 9.89 Å². The van der Waals surface area contributed by atoms with Gasteiger partial charge in [0.25, 0.3) is 5.91 Å². The highest BCUT2D eigenvalue weighted by atomic mass is 16.2. The molecule has 28 heavy (non-hydrogen) atoms. The van der Waals surface area contributed by atoms with E-state index in [2.05, 4.69) is 30.8 Å². The Balaban J connectivity index is 1.52. The van der Waals surface area contributed by atoms with Gasteiger partial charge < -0.3 is 20.5 Å². The predicted molar refractivity (Wildman–Crippen MR) is 101 cm³/mol. The molecule has 2 aliphatic heterocycles. The highest BCUT2D eigenvalue weighted by Gasteiger charge is 2.36. The lowest BCUT2D eigenvalue weighted by Gasteiger charge is -2.32. The first-order chi connectivity index (χ1) is 13.6. The fourth-order valence-electron chi connectivity index (χ4n) is 3.86. The van der Waals surface area contributed by atoms with Crippen molar-refractivity contribution in [3.8, 4) is 0 Å². The zero-order chi connectivity index (χ0) is 19.3. The molecule has 142 valence electrons. The molecular weight excluding hydrogens is 358 g/mol. The van der Waals surface area contributed by atoms with E-state index in [1.165, 1.54) is 0 Å². The summed E-state index contributed by atoms with van der Waals surface area (Å²) in [5, 5.41) is 12.6. The van der Waals surface area contributed by atoms with Crippen molar-refractivity contribution >= 4 is 23.0 Å². The van der Waals surface area contributed by atoms with Crippen LogP contribution < -0.4 is 10.6 Å². The average Bonchev–Trinajstić information content (AvgIpc) is 3.32. The number of imidazole rings is 1. The minimum atomic E-state index is -0.639. The number of carbonyl (C=O) groups is 2. The maximum absolute atomic E-state index is 13.4. The molecule has 0 radical (unpaired) electrons. The van der Waals surface area contributed by atoms with Gasteiger partial charge in [0.1, 0.15) is 11.9 Å². The molecule has 0 bridgehead atoms. The molecule has 4 heterocycles. The van der Waals surface area contributed by atoms with E-state index >= 15 is 0 Å². The van der Waals surface area contributed by atoms with Crippen molar-refractivity contribution in [1.29, 1.82) is 0 Å². The monoisotopic (exact) mass is 377 g/mol. The molecule has 5 rings (SSSR count). The summed E-state index contributed by atoms with van der Waals surface area (Å²) in [7, 11) is 0. The Morgan fingerprint density at radius 2 is 2.14 bits per heavy atom. The lowest BCUT2D eigenvalue weighted by molar-refractivity contribution is -0.128. The first-order valence-electron chi connectivity index (χ1n) is 9.13. The Bertz CT molecular complexity index is 1090. The maximum atomic E-state index is 13.4. The smallest absolute Gasteiger partial charge is 0.319 e. The molecule has 9 heteroatoms. The van der Waals surface area contributed by atoms with Crippen LogP contribution in [0.4, 0.5) is 4.79 Å². The summed E-state index contributed by atoms with van der Waals surface area (Å²) in [4.78, 5) is 35.1. The second kappa shape index (κ2) is 6.22. The lowest BCUT2D eigenvalue weighted by Crippen LogP contribution is -2.48. The van der Waals surface area contributed by atoms with Gasteiger partial charge in [-0.2, -0.15) is 5.10 Å². The number of aromatic nitrogens is 4. The van der Waals surface area contributed by atoms with Gasteiger partial charge in [-0.05, 0) is 19.1 Å². The second-order valence-corrected chi connectivity index (χ2v) is 7.06. The van der Waals surface area contributed by atoms with Crippen LogP contribution in [0.25, 0.3) is 11.0 Å². The normalized spacial score (nSPS) is 19.4. The molecule has 3 aromatic rings. The summed E-state index contributed by atoms with van der Waals surface area (Å²) in [5.41, 5.74) is 4.76. The SMILES string of the molecule is CC1=C(C(=O)N2CCc3[nH]ncc3C2)[C@H](c2nc3ccccc3[nH]2)NC(=O)N1. The number of fused-ring (bicyclic) bond motifs is 2. The highest BCUT2D eigenvalue weighted by Crippen LogP contribution is 2.29. The first kappa shape index (κ1) is 16.5. The number of hydrogen-bond acceptors (Lipinski definition) is 4. The van der Waals surface area contributed by atoms with E-state index in [4.69, 9.17) is 0 Å². The van der Waals surface area contributed by atoms with E-state index in [0.29, 0.717) is 30.2 Å². The second-order valence-electron chi connectivity index (χ2n) is 7.06. The largest absolute Gasteiger partial charge is 0.340 e. The highest BCUT2D eigenvalue weighted by molar-refractivity contribution is 5.98. The van der Waals surface area contributed by atoms with Gasteiger partial charge in [0.15, 0.2) is 0 Å².